The fourth-order valence-electron chi connectivity index (χ4n) is 2.06. The Morgan fingerprint density at radius 2 is 2.06 bits per heavy atom. The molecule has 2 unspecified atom stereocenters. The number of carbonyl (C=O) groups excluding carboxylic acids is 2. The zero-order valence-electron chi connectivity index (χ0n) is 10.4. The number of primary amides is 1. The Bertz CT molecular complexity index is 273. The van der Waals surface area contributed by atoms with Crippen LogP contribution in [0, 0.1) is 5.92 Å². The quantitative estimate of drug-likeness (QED) is 0.757. The first-order valence-electron chi connectivity index (χ1n) is 5.79. The van der Waals surface area contributed by atoms with E-state index >= 15 is 0 Å². The molecule has 0 bridgehead atoms. The molecule has 5 nitrogen and oxygen atoms in total. The Morgan fingerprint density at radius 1 is 1.41 bits per heavy atom. The zero-order chi connectivity index (χ0) is 12.1. The fraction of sp³-hybridized carbons (Fsp3) is 0.818. The van der Waals surface area contributed by atoms with E-state index in [2.05, 4.69) is 5.32 Å². The van der Waals surface area contributed by atoms with Crippen LogP contribution in [-0.4, -0.2) is 42.9 Å². The molecule has 0 radical (unpaired) electrons. The number of hydrogen-bond donors (Lipinski definition) is 2. The van der Waals surface area contributed by atoms with E-state index in [4.69, 9.17) is 5.73 Å². The number of nitrogens with two attached hydrogens (primary N) is 1. The topological polar surface area (TPSA) is 75.4 Å². The summed E-state index contributed by atoms with van der Waals surface area (Å²) in [5.74, 6) is -0.360. The van der Waals surface area contributed by atoms with E-state index in [1.165, 1.54) is 0 Å². The van der Waals surface area contributed by atoms with Crippen molar-refractivity contribution in [3.8, 4) is 0 Å². The Balaban J connectivity index is 0.00000256. The van der Waals surface area contributed by atoms with E-state index in [-0.39, 0.29) is 36.2 Å². The first-order valence-corrected chi connectivity index (χ1v) is 5.79. The number of carbonyl (C=O) groups is 2. The normalized spacial score (nSPS) is 24.0. The molecule has 1 aliphatic rings. The molecular formula is C11H22ClN3O2. The average molecular weight is 264 g/mol. The van der Waals surface area contributed by atoms with Gasteiger partial charge in [0, 0.05) is 25.6 Å². The first-order chi connectivity index (χ1) is 7.56. The van der Waals surface area contributed by atoms with Gasteiger partial charge in [-0.15, -0.1) is 12.4 Å². The lowest BCUT2D eigenvalue weighted by Crippen LogP contribution is -2.49. The number of likely N-dealkylation sites (tertiary alicyclic amines) is 1. The molecule has 100 valence electrons. The SMILES string of the molecule is CNCCC(=O)N1CC(C(N)=O)CCC1C.Cl. The highest BCUT2D eigenvalue weighted by molar-refractivity contribution is 5.85. The summed E-state index contributed by atoms with van der Waals surface area (Å²) in [6, 6.07) is 0.222. The lowest BCUT2D eigenvalue weighted by atomic mass is 9.92. The smallest absolute Gasteiger partial charge is 0.224 e. The summed E-state index contributed by atoms with van der Waals surface area (Å²) in [5.41, 5.74) is 5.29. The molecule has 17 heavy (non-hydrogen) atoms. The van der Waals surface area contributed by atoms with Gasteiger partial charge in [0.25, 0.3) is 0 Å². The van der Waals surface area contributed by atoms with Crippen LogP contribution in [-0.2, 0) is 9.59 Å². The third-order valence-electron chi connectivity index (χ3n) is 3.19. The van der Waals surface area contributed by atoms with Crippen LogP contribution in [0.4, 0.5) is 0 Å². The Hall–Kier alpha value is -0.810. The molecular weight excluding hydrogens is 242 g/mol. The highest BCUT2D eigenvalue weighted by atomic mass is 35.5. The van der Waals surface area contributed by atoms with E-state index in [9.17, 15) is 9.59 Å². The minimum Gasteiger partial charge on any atom is -0.369 e. The molecule has 0 aromatic heterocycles. The van der Waals surface area contributed by atoms with Gasteiger partial charge < -0.3 is 16.0 Å². The Labute approximate surface area is 109 Å². The van der Waals surface area contributed by atoms with Crippen molar-refractivity contribution in [2.75, 3.05) is 20.1 Å². The summed E-state index contributed by atoms with van der Waals surface area (Å²) in [6.07, 6.45) is 2.14. The third kappa shape index (κ3) is 4.52. The molecule has 1 aliphatic heterocycles. The van der Waals surface area contributed by atoms with Crippen LogP contribution in [0.3, 0.4) is 0 Å². The largest absolute Gasteiger partial charge is 0.369 e. The van der Waals surface area contributed by atoms with Gasteiger partial charge in [-0.3, -0.25) is 9.59 Å². The molecule has 2 atom stereocenters. The predicted octanol–water partition coefficient (Wildman–Crippen LogP) is 0.130. The van der Waals surface area contributed by atoms with E-state index in [0.717, 1.165) is 12.8 Å². The van der Waals surface area contributed by atoms with Gasteiger partial charge in [0.15, 0.2) is 0 Å². The number of amides is 2. The second kappa shape index (κ2) is 7.50. The number of piperidine rings is 1. The molecule has 6 heteroatoms. The lowest BCUT2D eigenvalue weighted by Gasteiger charge is -2.37. The maximum Gasteiger partial charge on any atom is 0.224 e. The summed E-state index contributed by atoms with van der Waals surface area (Å²) >= 11 is 0. The molecule has 2 amide bonds. The highest BCUT2D eigenvalue weighted by Crippen LogP contribution is 2.22. The van der Waals surface area contributed by atoms with Gasteiger partial charge in [0.2, 0.25) is 11.8 Å². The van der Waals surface area contributed by atoms with Gasteiger partial charge in [-0.25, -0.2) is 0 Å². The molecule has 0 aromatic rings. The Morgan fingerprint density at radius 3 is 2.59 bits per heavy atom. The van der Waals surface area contributed by atoms with Crippen molar-refractivity contribution in [1.82, 2.24) is 10.2 Å². The monoisotopic (exact) mass is 263 g/mol. The minimum atomic E-state index is -0.293. The van der Waals surface area contributed by atoms with Crippen molar-refractivity contribution < 1.29 is 9.59 Å². The van der Waals surface area contributed by atoms with Crippen molar-refractivity contribution in [3.63, 3.8) is 0 Å². The third-order valence-corrected chi connectivity index (χ3v) is 3.19. The summed E-state index contributed by atoms with van der Waals surface area (Å²) in [5, 5.41) is 2.95. The molecule has 1 heterocycles. The Kier molecular flexibility index (Phi) is 7.15. The van der Waals surface area contributed by atoms with Gasteiger partial charge in [-0.1, -0.05) is 0 Å². The maximum atomic E-state index is 11.9. The van der Waals surface area contributed by atoms with Crippen LogP contribution in [0.5, 0.6) is 0 Å². The fourth-order valence-corrected chi connectivity index (χ4v) is 2.06. The van der Waals surface area contributed by atoms with Crippen molar-refractivity contribution >= 4 is 24.2 Å². The molecule has 0 saturated carbocycles. The molecule has 0 aromatic carbocycles. The lowest BCUT2D eigenvalue weighted by molar-refractivity contribution is -0.137. The number of nitrogens with one attached hydrogen (secondary N) is 1. The number of rotatable bonds is 4. The molecule has 3 N–H and O–H groups in total. The van der Waals surface area contributed by atoms with E-state index in [0.29, 0.717) is 19.5 Å². The predicted molar refractivity (Wildman–Crippen MR) is 68.9 cm³/mol. The van der Waals surface area contributed by atoms with Crippen molar-refractivity contribution in [2.24, 2.45) is 11.7 Å². The molecule has 0 spiro atoms. The van der Waals surface area contributed by atoms with Gasteiger partial charge >= 0.3 is 0 Å². The van der Waals surface area contributed by atoms with Crippen LogP contribution >= 0.6 is 12.4 Å². The molecule has 1 saturated heterocycles. The van der Waals surface area contributed by atoms with Crippen molar-refractivity contribution in [1.29, 1.82) is 0 Å². The van der Waals surface area contributed by atoms with Crippen LogP contribution in [0.2, 0.25) is 0 Å². The maximum absolute atomic E-state index is 11.9. The van der Waals surface area contributed by atoms with Crippen molar-refractivity contribution in [2.45, 2.75) is 32.2 Å². The van der Waals surface area contributed by atoms with Crippen LogP contribution in [0.1, 0.15) is 26.2 Å². The molecule has 1 rings (SSSR count). The second-order valence-electron chi connectivity index (χ2n) is 4.43. The van der Waals surface area contributed by atoms with E-state index < -0.39 is 0 Å². The first kappa shape index (κ1) is 16.2. The average Bonchev–Trinajstić information content (AvgIpc) is 2.26. The van der Waals surface area contributed by atoms with Gasteiger partial charge in [0.05, 0.1) is 5.92 Å². The minimum absolute atomic E-state index is 0. The molecule has 1 fully saturated rings. The molecule has 0 aliphatic carbocycles. The highest BCUT2D eigenvalue weighted by Gasteiger charge is 2.30. The van der Waals surface area contributed by atoms with Gasteiger partial charge in [0.1, 0.15) is 0 Å². The number of halogens is 1. The number of nitrogens with zero attached hydrogens (tertiary/aromatic N) is 1. The zero-order valence-corrected chi connectivity index (χ0v) is 11.3. The van der Waals surface area contributed by atoms with Crippen LogP contribution in [0.25, 0.3) is 0 Å². The standard InChI is InChI=1S/C11H21N3O2.ClH/c1-8-3-4-9(11(12)16)7-14(8)10(15)5-6-13-2;/h8-9,13H,3-7H2,1-2H3,(H2,12,16);1H. The summed E-state index contributed by atoms with van der Waals surface area (Å²) < 4.78 is 0. The van der Waals surface area contributed by atoms with Crippen LogP contribution < -0.4 is 11.1 Å². The summed E-state index contributed by atoms with van der Waals surface area (Å²) in [4.78, 5) is 24.8. The van der Waals surface area contributed by atoms with E-state index in [1.807, 2.05) is 14.0 Å². The summed E-state index contributed by atoms with van der Waals surface area (Å²) in [7, 11) is 1.82. The van der Waals surface area contributed by atoms with Crippen LogP contribution in [0.15, 0.2) is 0 Å². The van der Waals surface area contributed by atoms with Gasteiger partial charge in [-0.05, 0) is 26.8 Å². The second-order valence-corrected chi connectivity index (χ2v) is 4.43. The van der Waals surface area contributed by atoms with Gasteiger partial charge in [-0.2, -0.15) is 0 Å². The number of hydrogen-bond acceptors (Lipinski definition) is 3. The van der Waals surface area contributed by atoms with Crippen molar-refractivity contribution in [3.05, 3.63) is 0 Å². The summed E-state index contributed by atoms with van der Waals surface area (Å²) in [6.45, 7) is 3.18. The van der Waals surface area contributed by atoms with E-state index in [1.54, 1.807) is 4.90 Å².